The number of benzene rings is 1. The molecule has 116 valence electrons. The van der Waals surface area contributed by atoms with Crippen LogP contribution < -0.4 is 11.1 Å². The fourth-order valence-electron chi connectivity index (χ4n) is 1.47. The van der Waals surface area contributed by atoms with Crippen LogP contribution in [0.3, 0.4) is 0 Å². The van der Waals surface area contributed by atoms with E-state index in [2.05, 4.69) is 27.9 Å². The Hall–Kier alpha value is -1.35. The molecule has 0 aromatic heterocycles. The molecule has 3 amide bonds. The zero-order valence-corrected chi connectivity index (χ0v) is 14.5. The van der Waals surface area contributed by atoms with Crippen LogP contribution in [0.4, 0.5) is 15.3 Å². The number of rotatable bonds is 3. The van der Waals surface area contributed by atoms with Crippen LogP contribution in [0.5, 0.6) is 0 Å². The lowest BCUT2D eigenvalue weighted by molar-refractivity contribution is 0.0337. The molecule has 7 heteroatoms. The van der Waals surface area contributed by atoms with Crippen molar-refractivity contribution in [2.75, 3.05) is 18.4 Å². The molecule has 3 N–H and O–H groups in total. The molecule has 0 aliphatic rings. The summed E-state index contributed by atoms with van der Waals surface area (Å²) < 4.78 is 6.09. The number of ether oxygens (including phenoxy) is 1. The highest BCUT2D eigenvalue weighted by Crippen LogP contribution is 2.18. The second kappa shape index (κ2) is 7.60. The number of nitrogens with one attached hydrogen (secondary N) is 1. The van der Waals surface area contributed by atoms with E-state index in [9.17, 15) is 9.59 Å². The van der Waals surface area contributed by atoms with Gasteiger partial charge in [-0.3, -0.25) is 0 Å². The van der Waals surface area contributed by atoms with Crippen LogP contribution in [0.15, 0.2) is 24.3 Å². The van der Waals surface area contributed by atoms with Crippen LogP contribution in [-0.2, 0) is 4.74 Å². The lowest BCUT2D eigenvalue weighted by Gasteiger charge is -2.26. The second-order valence-corrected chi connectivity index (χ2v) is 6.49. The summed E-state index contributed by atoms with van der Waals surface area (Å²) in [6, 6.07) is 6.73. The molecular weight excluding hydrogens is 385 g/mol. The van der Waals surface area contributed by atoms with Crippen molar-refractivity contribution in [2.45, 2.75) is 26.4 Å². The number of para-hydroxylation sites is 1. The number of carbonyl (C=O) groups excluding carboxylic acids is 2. The van der Waals surface area contributed by atoms with Gasteiger partial charge in [-0.15, -0.1) is 0 Å². The molecule has 0 atom stereocenters. The van der Waals surface area contributed by atoms with Gasteiger partial charge in [-0.1, -0.05) is 12.1 Å². The third-order valence-electron chi connectivity index (χ3n) is 2.33. The van der Waals surface area contributed by atoms with Crippen LogP contribution in [-0.4, -0.2) is 35.7 Å². The van der Waals surface area contributed by atoms with E-state index >= 15 is 0 Å². The summed E-state index contributed by atoms with van der Waals surface area (Å²) in [6.45, 7) is 5.47. The Morgan fingerprint density at radius 1 is 1.33 bits per heavy atom. The molecule has 0 fully saturated rings. The number of hydrogen-bond donors (Lipinski definition) is 2. The molecule has 0 spiro atoms. The molecule has 0 radical (unpaired) electrons. The highest BCUT2D eigenvalue weighted by Gasteiger charge is 2.26. The van der Waals surface area contributed by atoms with Crippen LogP contribution in [0.2, 0.25) is 0 Å². The van der Waals surface area contributed by atoms with Gasteiger partial charge in [0.05, 0.1) is 5.69 Å². The van der Waals surface area contributed by atoms with Gasteiger partial charge in [0.2, 0.25) is 0 Å². The van der Waals surface area contributed by atoms with Crippen molar-refractivity contribution < 1.29 is 14.3 Å². The molecular formula is C14H20IN3O3. The third kappa shape index (κ3) is 5.88. The Kier molecular flexibility index (Phi) is 6.41. The number of halogens is 1. The molecule has 0 bridgehead atoms. The highest BCUT2D eigenvalue weighted by molar-refractivity contribution is 14.1. The Bertz CT molecular complexity index is 514. The number of urea groups is 1. The standard InChI is InChI=1S/C14H20IN3O3/c1-14(2,3)21-13(20)18(9-8-16)12(19)17-11-7-5-4-6-10(11)15/h4-7H,8-9,16H2,1-3H3,(H,17,19). The number of carbonyl (C=O) groups is 2. The fourth-order valence-corrected chi connectivity index (χ4v) is 1.99. The third-order valence-corrected chi connectivity index (χ3v) is 3.27. The molecule has 21 heavy (non-hydrogen) atoms. The van der Waals surface area contributed by atoms with E-state index in [-0.39, 0.29) is 13.1 Å². The van der Waals surface area contributed by atoms with E-state index in [1.54, 1.807) is 32.9 Å². The van der Waals surface area contributed by atoms with Gasteiger partial charge >= 0.3 is 12.1 Å². The molecule has 0 aliphatic heterocycles. The lowest BCUT2D eigenvalue weighted by Crippen LogP contribution is -2.45. The van der Waals surface area contributed by atoms with E-state index in [1.165, 1.54) is 0 Å². The smallest absolute Gasteiger partial charge is 0.418 e. The molecule has 6 nitrogen and oxygen atoms in total. The van der Waals surface area contributed by atoms with E-state index in [0.29, 0.717) is 5.69 Å². The van der Waals surface area contributed by atoms with Crippen LogP contribution in [0.1, 0.15) is 20.8 Å². The summed E-state index contributed by atoms with van der Waals surface area (Å²) in [4.78, 5) is 25.3. The Morgan fingerprint density at radius 2 is 1.95 bits per heavy atom. The predicted octanol–water partition coefficient (Wildman–Crippen LogP) is 3.02. The van der Waals surface area contributed by atoms with Gasteiger partial charge in [0.25, 0.3) is 0 Å². The minimum absolute atomic E-state index is 0.0875. The van der Waals surface area contributed by atoms with Crippen molar-refractivity contribution in [3.63, 3.8) is 0 Å². The first kappa shape index (κ1) is 17.7. The van der Waals surface area contributed by atoms with Gasteiger partial charge < -0.3 is 15.8 Å². The number of imide groups is 1. The normalized spacial score (nSPS) is 10.9. The monoisotopic (exact) mass is 405 g/mol. The molecule has 0 saturated carbocycles. The zero-order chi connectivity index (χ0) is 16.0. The van der Waals surface area contributed by atoms with Crippen LogP contribution in [0.25, 0.3) is 0 Å². The molecule has 1 rings (SSSR count). The average molecular weight is 405 g/mol. The number of nitrogens with two attached hydrogens (primary N) is 1. The van der Waals surface area contributed by atoms with E-state index < -0.39 is 17.7 Å². The van der Waals surface area contributed by atoms with Gasteiger partial charge in [0, 0.05) is 16.7 Å². The number of anilines is 1. The molecule has 1 aromatic carbocycles. The molecule has 0 heterocycles. The van der Waals surface area contributed by atoms with Crippen molar-refractivity contribution in [3.8, 4) is 0 Å². The lowest BCUT2D eigenvalue weighted by atomic mass is 10.2. The van der Waals surface area contributed by atoms with Crippen LogP contribution >= 0.6 is 22.6 Å². The summed E-state index contributed by atoms with van der Waals surface area (Å²) in [7, 11) is 0. The van der Waals surface area contributed by atoms with Crippen molar-refractivity contribution in [3.05, 3.63) is 27.8 Å². The number of nitrogens with zero attached hydrogens (tertiary/aromatic N) is 1. The van der Waals surface area contributed by atoms with Gasteiger partial charge in [-0.2, -0.15) is 0 Å². The van der Waals surface area contributed by atoms with E-state index in [1.807, 2.05) is 12.1 Å². The first-order valence-electron chi connectivity index (χ1n) is 6.50. The molecule has 0 aliphatic carbocycles. The van der Waals surface area contributed by atoms with Crippen molar-refractivity contribution >= 4 is 40.4 Å². The minimum atomic E-state index is -0.712. The first-order valence-corrected chi connectivity index (χ1v) is 7.58. The van der Waals surface area contributed by atoms with Gasteiger partial charge in [-0.05, 0) is 55.5 Å². The maximum Gasteiger partial charge on any atom is 0.418 e. The maximum absolute atomic E-state index is 12.2. The quantitative estimate of drug-likeness (QED) is 0.758. The second-order valence-electron chi connectivity index (χ2n) is 5.33. The summed E-state index contributed by atoms with van der Waals surface area (Å²) >= 11 is 2.10. The summed E-state index contributed by atoms with van der Waals surface area (Å²) in [5.74, 6) is 0. The van der Waals surface area contributed by atoms with Gasteiger partial charge in [0.15, 0.2) is 0 Å². The summed E-state index contributed by atoms with van der Waals surface area (Å²) in [6.07, 6.45) is -0.712. The fraction of sp³-hybridized carbons (Fsp3) is 0.429. The largest absolute Gasteiger partial charge is 0.443 e. The number of hydrogen-bond acceptors (Lipinski definition) is 4. The van der Waals surface area contributed by atoms with Crippen molar-refractivity contribution in [1.29, 1.82) is 0 Å². The van der Waals surface area contributed by atoms with E-state index in [0.717, 1.165) is 8.47 Å². The SMILES string of the molecule is CC(C)(C)OC(=O)N(CCN)C(=O)Nc1ccccc1I. The predicted molar refractivity (Wildman–Crippen MR) is 90.2 cm³/mol. The number of amides is 3. The Morgan fingerprint density at radius 3 is 2.48 bits per heavy atom. The summed E-state index contributed by atoms with van der Waals surface area (Å²) in [5, 5.41) is 2.68. The topological polar surface area (TPSA) is 84.7 Å². The molecule has 0 unspecified atom stereocenters. The molecule has 0 saturated heterocycles. The zero-order valence-electron chi connectivity index (χ0n) is 12.4. The van der Waals surface area contributed by atoms with Crippen molar-refractivity contribution in [2.24, 2.45) is 5.73 Å². The Balaban J connectivity index is 2.83. The maximum atomic E-state index is 12.2. The van der Waals surface area contributed by atoms with E-state index in [4.69, 9.17) is 10.5 Å². The highest BCUT2D eigenvalue weighted by atomic mass is 127. The average Bonchev–Trinajstić information content (AvgIpc) is 2.36. The van der Waals surface area contributed by atoms with Crippen molar-refractivity contribution in [1.82, 2.24) is 4.90 Å². The first-order chi connectivity index (χ1) is 9.74. The Labute approximate surface area is 138 Å². The summed E-state index contributed by atoms with van der Waals surface area (Å²) in [5.41, 5.74) is 5.42. The van der Waals surface area contributed by atoms with Gasteiger partial charge in [-0.25, -0.2) is 14.5 Å². The molecule has 1 aromatic rings. The van der Waals surface area contributed by atoms with Gasteiger partial charge in [0.1, 0.15) is 5.60 Å². The van der Waals surface area contributed by atoms with Crippen LogP contribution in [0, 0.1) is 3.57 Å². The minimum Gasteiger partial charge on any atom is -0.443 e.